The molecule has 4 nitrogen and oxygen atoms in total. The molecule has 0 aliphatic rings. The third-order valence-corrected chi connectivity index (χ3v) is 4.00. The van der Waals surface area contributed by atoms with Crippen molar-refractivity contribution in [3.05, 3.63) is 50.3 Å². The third-order valence-electron chi connectivity index (χ3n) is 2.78. The standard InChI is InChI=1S/C12H14ClIN4/c1-2-18-11(5-6-16-18)12(17-15)9-7-8(13)3-4-10(9)14/h3-7,12,17H,2,15H2,1H3. The lowest BCUT2D eigenvalue weighted by molar-refractivity contribution is 0.542. The Morgan fingerprint density at radius 3 is 2.94 bits per heavy atom. The molecule has 18 heavy (non-hydrogen) atoms. The lowest BCUT2D eigenvalue weighted by Crippen LogP contribution is -2.31. The number of hydrogen-bond acceptors (Lipinski definition) is 3. The lowest BCUT2D eigenvalue weighted by Gasteiger charge is -2.19. The minimum atomic E-state index is -0.113. The fourth-order valence-electron chi connectivity index (χ4n) is 1.92. The van der Waals surface area contributed by atoms with Gasteiger partial charge in [-0.1, -0.05) is 11.6 Å². The van der Waals surface area contributed by atoms with Gasteiger partial charge in [-0.3, -0.25) is 10.5 Å². The zero-order chi connectivity index (χ0) is 13.1. The van der Waals surface area contributed by atoms with Crippen LogP contribution in [0.5, 0.6) is 0 Å². The van der Waals surface area contributed by atoms with Gasteiger partial charge in [-0.2, -0.15) is 5.10 Å². The monoisotopic (exact) mass is 376 g/mol. The van der Waals surface area contributed by atoms with E-state index in [4.69, 9.17) is 17.4 Å². The smallest absolute Gasteiger partial charge is 0.0889 e. The Labute approximate surface area is 125 Å². The summed E-state index contributed by atoms with van der Waals surface area (Å²) in [5, 5.41) is 4.97. The summed E-state index contributed by atoms with van der Waals surface area (Å²) in [7, 11) is 0. The van der Waals surface area contributed by atoms with Gasteiger partial charge in [-0.05, 0) is 59.3 Å². The van der Waals surface area contributed by atoms with E-state index in [1.165, 1.54) is 0 Å². The largest absolute Gasteiger partial charge is 0.271 e. The van der Waals surface area contributed by atoms with Crippen LogP contribution in [0.3, 0.4) is 0 Å². The molecular weight excluding hydrogens is 363 g/mol. The highest BCUT2D eigenvalue weighted by atomic mass is 127. The van der Waals surface area contributed by atoms with Gasteiger partial charge in [-0.25, -0.2) is 5.43 Å². The average Bonchev–Trinajstić information content (AvgIpc) is 2.83. The molecule has 0 aliphatic carbocycles. The lowest BCUT2D eigenvalue weighted by atomic mass is 10.0. The van der Waals surface area contributed by atoms with Gasteiger partial charge >= 0.3 is 0 Å². The molecule has 1 aromatic heterocycles. The van der Waals surface area contributed by atoms with Gasteiger partial charge in [0.05, 0.1) is 11.7 Å². The zero-order valence-electron chi connectivity index (χ0n) is 9.90. The number of aryl methyl sites for hydroxylation is 1. The Balaban J connectivity index is 2.48. The number of halogens is 2. The van der Waals surface area contributed by atoms with Crippen LogP contribution in [0, 0.1) is 3.57 Å². The predicted molar refractivity (Wildman–Crippen MR) is 81.2 cm³/mol. The van der Waals surface area contributed by atoms with E-state index >= 15 is 0 Å². The number of nitrogens with two attached hydrogens (primary N) is 1. The van der Waals surface area contributed by atoms with E-state index in [1.54, 1.807) is 6.20 Å². The van der Waals surface area contributed by atoms with Gasteiger partial charge in [0.2, 0.25) is 0 Å². The Bertz CT molecular complexity index is 541. The minimum absolute atomic E-state index is 0.113. The molecular formula is C12H14ClIN4. The fourth-order valence-corrected chi connectivity index (χ4v) is 2.75. The predicted octanol–water partition coefficient (Wildman–Crippen LogP) is 2.71. The highest BCUT2D eigenvalue weighted by molar-refractivity contribution is 14.1. The van der Waals surface area contributed by atoms with Crippen molar-refractivity contribution in [3.8, 4) is 0 Å². The van der Waals surface area contributed by atoms with Crippen molar-refractivity contribution >= 4 is 34.2 Å². The molecule has 0 saturated carbocycles. The van der Waals surface area contributed by atoms with Gasteiger partial charge < -0.3 is 0 Å². The summed E-state index contributed by atoms with van der Waals surface area (Å²) >= 11 is 8.34. The molecule has 1 aromatic carbocycles. The summed E-state index contributed by atoms with van der Waals surface area (Å²) in [4.78, 5) is 0. The number of aromatic nitrogens is 2. The van der Waals surface area contributed by atoms with E-state index in [0.717, 1.165) is 21.4 Å². The molecule has 0 saturated heterocycles. The van der Waals surface area contributed by atoms with Crippen LogP contribution in [-0.2, 0) is 6.54 Å². The van der Waals surface area contributed by atoms with Crippen molar-refractivity contribution in [2.24, 2.45) is 5.84 Å². The normalized spacial score (nSPS) is 12.7. The molecule has 1 unspecified atom stereocenters. The summed E-state index contributed by atoms with van der Waals surface area (Å²) < 4.78 is 3.03. The van der Waals surface area contributed by atoms with E-state index in [9.17, 15) is 0 Å². The summed E-state index contributed by atoms with van der Waals surface area (Å²) in [6, 6.07) is 7.64. The number of hydrazine groups is 1. The number of benzene rings is 1. The molecule has 0 amide bonds. The first-order valence-electron chi connectivity index (χ1n) is 5.60. The molecule has 1 heterocycles. The Hall–Kier alpha value is -0.630. The van der Waals surface area contributed by atoms with E-state index < -0.39 is 0 Å². The molecule has 3 N–H and O–H groups in total. The molecule has 2 aromatic rings. The van der Waals surface area contributed by atoms with Crippen molar-refractivity contribution in [2.75, 3.05) is 0 Å². The molecule has 0 bridgehead atoms. The van der Waals surface area contributed by atoms with Crippen LogP contribution >= 0.6 is 34.2 Å². The number of hydrogen-bond donors (Lipinski definition) is 2. The molecule has 0 fully saturated rings. The van der Waals surface area contributed by atoms with Crippen LogP contribution < -0.4 is 11.3 Å². The van der Waals surface area contributed by atoms with Gasteiger partial charge in [0.25, 0.3) is 0 Å². The summed E-state index contributed by atoms with van der Waals surface area (Å²) in [6.07, 6.45) is 1.78. The third kappa shape index (κ3) is 2.69. The van der Waals surface area contributed by atoms with Crippen LogP contribution in [0.15, 0.2) is 30.5 Å². The topological polar surface area (TPSA) is 55.9 Å². The first-order valence-corrected chi connectivity index (χ1v) is 7.05. The van der Waals surface area contributed by atoms with Crippen LogP contribution in [0.1, 0.15) is 24.2 Å². The number of nitrogens with zero attached hydrogens (tertiary/aromatic N) is 2. The van der Waals surface area contributed by atoms with E-state index in [2.05, 4.69) is 33.1 Å². The zero-order valence-corrected chi connectivity index (χ0v) is 12.8. The average molecular weight is 377 g/mol. The maximum atomic E-state index is 6.06. The summed E-state index contributed by atoms with van der Waals surface area (Å²) in [6.45, 7) is 2.85. The van der Waals surface area contributed by atoms with E-state index in [0.29, 0.717) is 5.02 Å². The van der Waals surface area contributed by atoms with E-state index in [1.807, 2.05) is 35.9 Å². The second kappa shape index (κ2) is 6.01. The first kappa shape index (κ1) is 13.8. The van der Waals surface area contributed by atoms with Crippen molar-refractivity contribution in [3.63, 3.8) is 0 Å². The number of nitrogens with one attached hydrogen (secondary N) is 1. The van der Waals surface area contributed by atoms with Gasteiger partial charge in [0.1, 0.15) is 0 Å². The van der Waals surface area contributed by atoms with E-state index in [-0.39, 0.29) is 6.04 Å². The fraction of sp³-hybridized carbons (Fsp3) is 0.250. The highest BCUT2D eigenvalue weighted by Gasteiger charge is 2.19. The Kier molecular flexibility index (Phi) is 4.60. The molecule has 0 spiro atoms. The Morgan fingerprint density at radius 2 is 2.28 bits per heavy atom. The van der Waals surface area contributed by atoms with Crippen molar-refractivity contribution in [2.45, 2.75) is 19.5 Å². The van der Waals surface area contributed by atoms with Crippen LogP contribution in [0.25, 0.3) is 0 Å². The molecule has 1 atom stereocenters. The maximum absolute atomic E-state index is 6.06. The first-order chi connectivity index (χ1) is 8.67. The Morgan fingerprint density at radius 1 is 1.50 bits per heavy atom. The van der Waals surface area contributed by atoms with Gasteiger partial charge in [-0.15, -0.1) is 0 Å². The summed E-state index contributed by atoms with van der Waals surface area (Å²) in [5.74, 6) is 5.70. The molecule has 6 heteroatoms. The van der Waals surface area contributed by atoms with Crippen LogP contribution in [0.4, 0.5) is 0 Å². The summed E-state index contributed by atoms with van der Waals surface area (Å²) in [5.41, 5.74) is 4.92. The molecule has 0 aliphatic heterocycles. The van der Waals surface area contributed by atoms with Crippen molar-refractivity contribution in [1.82, 2.24) is 15.2 Å². The second-order valence-corrected chi connectivity index (χ2v) is 5.44. The molecule has 2 rings (SSSR count). The molecule has 96 valence electrons. The van der Waals surface area contributed by atoms with Crippen molar-refractivity contribution < 1.29 is 0 Å². The van der Waals surface area contributed by atoms with Crippen LogP contribution in [-0.4, -0.2) is 9.78 Å². The number of rotatable bonds is 4. The highest BCUT2D eigenvalue weighted by Crippen LogP contribution is 2.28. The van der Waals surface area contributed by atoms with Crippen molar-refractivity contribution in [1.29, 1.82) is 0 Å². The second-order valence-electron chi connectivity index (χ2n) is 3.84. The van der Waals surface area contributed by atoms with Gasteiger partial charge in [0.15, 0.2) is 0 Å². The van der Waals surface area contributed by atoms with Crippen LogP contribution in [0.2, 0.25) is 5.02 Å². The maximum Gasteiger partial charge on any atom is 0.0889 e. The van der Waals surface area contributed by atoms with Gasteiger partial charge in [0, 0.05) is 21.3 Å². The minimum Gasteiger partial charge on any atom is -0.271 e. The molecule has 0 radical (unpaired) electrons. The quantitative estimate of drug-likeness (QED) is 0.490. The SMILES string of the molecule is CCn1nccc1C(NN)c1cc(Cl)ccc1I.